The van der Waals surface area contributed by atoms with Crippen LogP contribution >= 0.6 is 23.4 Å². The molecule has 0 unspecified atom stereocenters. The maximum absolute atomic E-state index is 12.5. The molecule has 2 aromatic heterocycles. The lowest BCUT2D eigenvalue weighted by molar-refractivity contribution is -0.121. The second kappa shape index (κ2) is 8.36. The highest BCUT2D eigenvalue weighted by molar-refractivity contribution is 7.98. The van der Waals surface area contributed by atoms with Crippen LogP contribution in [0.3, 0.4) is 0 Å². The summed E-state index contributed by atoms with van der Waals surface area (Å²) in [5.74, 6) is 1.59. The Balaban J connectivity index is 1.79. The van der Waals surface area contributed by atoms with E-state index in [1.165, 1.54) is 0 Å². The Kier molecular flexibility index (Phi) is 5.94. The molecule has 2 heterocycles. The number of carbonyl (C=O) groups is 1. The molecule has 0 aliphatic heterocycles. The van der Waals surface area contributed by atoms with E-state index in [2.05, 4.69) is 15.5 Å². The summed E-state index contributed by atoms with van der Waals surface area (Å²) in [4.78, 5) is 12.5. The van der Waals surface area contributed by atoms with E-state index >= 15 is 0 Å². The fraction of sp³-hybridized carbons (Fsp3) is 0.278. The minimum absolute atomic E-state index is 0.0770. The van der Waals surface area contributed by atoms with Gasteiger partial charge in [0.15, 0.2) is 11.5 Å². The van der Waals surface area contributed by atoms with Gasteiger partial charge in [-0.1, -0.05) is 35.9 Å². The Morgan fingerprint density at radius 2 is 2.04 bits per heavy atom. The van der Waals surface area contributed by atoms with E-state index in [4.69, 9.17) is 11.6 Å². The first-order valence-electron chi connectivity index (χ1n) is 8.00. The molecular weight excluding hydrogens is 356 g/mol. The predicted molar refractivity (Wildman–Crippen MR) is 102 cm³/mol. The van der Waals surface area contributed by atoms with Crippen molar-refractivity contribution >= 4 is 34.9 Å². The Hall–Kier alpha value is -2.05. The van der Waals surface area contributed by atoms with Crippen LogP contribution in [0.4, 0.5) is 0 Å². The van der Waals surface area contributed by atoms with Gasteiger partial charge in [0, 0.05) is 11.2 Å². The maximum atomic E-state index is 12.5. The van der Waals surface area contributed by atoms with E-state index < -0.39 is 0 Å². The lowest BCUT2D eigenvalue weighted by Crippen LogP contribution is -2.31. The molecule has 0 radical (unpaired) electrons. The van der Waals surface area contributed by atoms with Gasteiger partial charge in [0.2, 0.25) is 5.91 Å². The molecule has 0 bridgehead atoms. The molecule has 0 saturated heterocycles. The quantitative estimate of drug-likeness (QED) is 0.687. The number of rotatable bonds is 7. The lowest BCUT2D eigenvalue weighted by Gasteiger charge is -2.17. The number of hydrogen-bond donors (Lipinski definition) is 1. The zero-order valence-electron chi connectivity index (χ0n) is 13.9. The van der Waals surface area contributed by atoms with Crippen LogP contribution in [0.1, 0.15) is 23.9 Å². The Labute approximate surface area is 155 Å². The number of nitrogens with zero attached hydrogens (tertiary/aromatic N) is 3. The number of halogens is 1. The Morgan fingerprint density at radius 1 is 1.24 bits per heavy atom. The zero-order valence-corrected chi connectivity index (χ0v) is 15.4. The summed E-state index contributed by atoms with van der Waals surface area (Å²) < 4.78 is 1.92. The van der Waals surface area contributed by atoms with Crippen LogP contribution in [0.15, 0.2) is 48.7 Å². The van der Waals surface area contributed by atoms with Gasteiger partial charge in [-0.2, -0.15) is 11.8 Å². The van der Waals surface area contributed by atoms with E-state index in [0.29, 0.717) is 5.02 Å². The number of benzene rings is 1. The standard InChI is InChI=1S/C18H19ClN4OS/c1-25-11-9-15(18-22-21-16-8-4-5-10-23(16)18)20-17(24)12-13-6-2-3-7-14(13)19/h2-8,10,15H,9,11-12H2,1H3,(H,20,24)/t15-/m0/s1. The first-order valence-corrected chi connectivity index (χ1v) is 9.77. The van der Waals surface area contributed by atoms with Gasteiger partial charge in [-0.05, 0) is 42.2 Å². The second-order valence-corrected chi connectivity index (χ2v) is 7.05. The number of pyridine rings is 1. The smallest absolute Gasteiger partial charge is 0.225 e. The summed E-state index contributed by atoms with van der Waals surface area (Å²) in [6.07, 6.45) is 4.98. The third kappa shape index (κ3) is 4.32. The van der Waals surface area contributed by atoms with E-state index in [-0.39, 0.29) is 18.4 Å². The van der Waals surface area contributed by atoms with Crippen LogP contribution in [0.5, 0.6) is 0 Å². The highest BCUT2D eigenvalue weighted by Crippen LogP contribution is 2.20. The molecule has 0 spiro atoms. The molecule has 7 heteroatoms. The molecule has 0 fully saturated rings. The summed E-state index contributed by atoms with van der Waals surface area (Å²) in [7, 11) is 0. The van der Waals surface area contributed by atoms with Gasteiger partial charge in [-0.15, -0.1) is 10.2 Å². The van der Waals surface area contributed by atoms with Crippen molar-refractivity contribution in [2.24, 2.45) is 0 Å². The van der Waals surface area contributed by atoms with Crippen LogP contribution in [-0.4, -0.2) is 32.5 Å². The molecule has 1 amide bonds. The summed E-state index contributed by atoms with van der Waals surface area (Å²) in [5, 5.41) is 12.2. The van der Waals surface area contributed by atoms with Crippen LogP contribution < -0.4 is 5.32 Å². The van der Waals surface area contributed by atoms with Gasteiger partial charge in [0.1, 0.15) is 0 Å². The number of fused-ring (bicyclic) bond motifs is 1. The van der Waals surface area contributed by atoms with E-state index in [0.717, 1.165) is 29.2 Å². The number of carbonyl (C=O) groups excluding carboxylic acids is 1. The van der Waals surface area contributed by atoms with Crippen molar-refractivity contribution < 1.29 is 4.79 Å². The van der Waals surface area contributed by atoms with Gasteiger partial charge in [0.25, 0.3) is 0 Å². The molecule has 130 valence electrons. The van der Waals surface area contributed by atoms with E-state index in [1.54, 1.807) is 17.8 Å². The normalized spacial score (nSPS) is 12.2. The fourth-order valence-corrected chi connectivity index (χ4v) is 3.33. The van der Waals surface area contributed by atoms with Crippen molar-refractivity contribution in [2.75, 3.05) is 12.0 Å². The molecule has 3 aromatic rings. The Bertz CT molecular complexity index is 867. The summed E-state index contributed by atoms with van der Waals surface area (Å²) in [6.45, 7) is 0. The van der Waals surface area contributed by atoms with Crippen LogP contribution in [0, 0.1) is 0 Å². The van der Waals surface area contributed by atoms with Crippen molar-refractivity contribution in [3.8, 4) is 0 Å². The van der Waals surface area contributed by atoms with Crippen LogP contribution in [0.25, 0.3) is 5.65 Å². The first kappa shape index (κ1) is 17.8. The molecule has 1 aromatic carbocycles. The molecule has 1 N–H and O–H groups in total. The topological polar surface area (TPSA) is 59.3 Å². The highest BCUT2D eigenvalue weighted by atomic mass is 35.5. The average molecular weight is 375 g/mol. The molecule has 0 saturated carbocycles. The number of thioether (sulfide) groups is 1. The van der Waals surface area contributed by atoms with E-state index in [9.17, 15) is 4.79 Å². The van der Waals surface area contributed by atoms with Crippen molar-refractivity contribution in [1.29, 1.82) is 0 Å². The molecule has 25 heavy (non-hydrogen) atoms. The van der Waals surface area contributed by atoms with Gasteiger partial charge in [-0.3, -0.25) is 9.20 Å². The molecule has 0 aliphatic rings. The molecule has 1 atom stereocenters. The fourth-order valence-electron chi connectivity index (χ4n) is 2.66. The zero-order chi connectivity index (χ0) is 17.6. The van der Waals surface area contributed by atoms with Crippen molar-refractivity contribution in [2.45, 2.75) is 18.9 Å². The van der Waals surface area contributed by atoms with Gasteiger partial charge in [0.05, 0.1) is 12.5 Å². The van der Waals surface area contributed by atoms with Crippen LogP contribution in [-0.2, 0) is 11.2 Å². The molecule has 3 rings (SSSR count). The monoisotopic (exact) mass is 374 g/mol. The molecule has 5 nitrogen and oxygen atoms in total. The van der Waals surface area contributed by atoms with Gasteiger partial charge in [-0.25, -0.2) is 0 Å². The largest absolute Gasteiger partial charge is 0.346 e. The molecular formula is C18H19ClN4OS. The lowest BCUT2D eigenvalue weighted by atomic mass is 10.1. The van der Waals surface area contributed by atoms with Crippen molar-refractivity contribution in [3.63, 3.8) is 0 Å². The van der Waals surface area contributed by atoms with Gasteiger partial charge < -0.3 is 5.32 Å². The summed E-state index contributed by atoms with van der Waals surface area (Å²) in [5.41, 5.74) is 1.59. The maximum Gasteiger partial charge on any atom is 0.225 e. The van der Waals surface area contributed by atoms with Crippen molar-refractivity contribution in [3.05, 3.63) is 65.1 Å². The summed E-state index contributed by atoms with van der Waals surface area (Å²) >= 11 is 7.89. The number of hydrogen-bond acceptors (Lipinski definition) is 4. The number of amides is 1. The van der Waals surface area contributed by atoms with Crippen molar-refractivity contribution in [1.82, 2.24) is 19.9 Å². The van der Waals surface area contributed by atoms with Crippen LogP contribution in [0.2, 0.25) is 5.02 Å². The number of aromatic nitrogens is 3. The third-order valence-electron chi connectivity index (χ3n) is 3.91. The third-order valence-corrected chi connectivity index (χ3v) is 4.92. The summed E-state index contributed by atoms with van der Waals surface area (Å²) in [6, 6.07) is 12.9. The molecule has 0 aliphatic carbocycles. The average Bonchev–Trinajstić information content (AvgIpc) is 3.04. The van der Waals surface area contributed by atoms with Gasteiger partial charge >= 0.3 is 0 Å². The predicted octanol–water partition coefficient (Wildman–Crippen LogP) is 3.54. The first-order chi connectivity index (χ1) is 12.2. The Morgan fingerprint density at radius 3 is 2.84 bits per heavy atom. The van der Waals surface area contributed by atoms with E-state index in [1.807, 2.05) is 53.3 Å². The second-order valence-electron chi connectivity index (χ2n) is 5.66. The highest BCUT2D eigenvalue weighted by Gasteiger charge is 2.20. The SMILES string of the molecule is CSCC[C@H](NC(=O)Cc1ccccc1Cl)c1nnc2ccccn12. The number of nitrogens with one attached hydrogen (secondary N) is 1. The minimum atomic E-state index is -0.195. The minimum Gasteiger partial charge on any atom is -0.346 e.